The first-order valence-electron chi connectivity index (χ1n) is 10.5. The second-order valence-electron chi connectivity index (χ2n) is 8.75. The highest BCUT2D eigenvalue weighted by atomic mass is 127. The van der Waals surface area contributed by atoms with Crippen LogP contribution in [0.1, 0.15) is 39.0 Å². The Morgan fingerprint density at radius 1 is 1.21 bits per heavy atom. The predicted octanol–water partition coefficient (Wildman–Crippen LogP) is 1.34. The number of hydrogen-bond donors (Lipinski definition) is 1. The van der Waals surface area contributed by atoms with Crippen molar-refractivity contribution < 1.29 is 13.2 Å². The molecule has 0 radical (unpaired) electrons. The summed E-state index contributed by atoms with van der Waals surface area (Å²) in [7, 11) is -2.88. The summed E-state index contributed by atoms with van der Waals surface area (Å²) in [6.07, 6.45) is 5.86. The Hall–Kier alpha value is -0.580. The smallest absolute Gasteiger partial charge is 0.242 e. The topological polar surface area (TPSA) is 82.1 Å². The van der Waals surface area contributed by atoms with Crippen LogP contribution < -0.4 is 5.32 Å². The minimum atomic E-state index is -2.88. The van der Waals surface area contributed by atoms with Gasteiger partial charge in [-0.2, -0.15) is 0 Å². The van der Waals surface area contributed by atoms with Crippen LogP contribution in [0, 0.1) is 17.8 Å². The molecule has 28 heavy (non-hydrogen) atoms. The molecule has 0 aromatic heterocycles. The molecule has 2 bridgehead atoms. The molecule has 4 atom stereocenters. The van der Waals surface area contributed by atoms with Crippen molar-refractivity contribution >= 4 is 45.7 Å². The third-order valence-electron chi connectivity index (χ3n) is 6.88. The second kappa shape index (κ2) is 9.06. The van der Waals surface area contributed by atoms with E-state index in [0.717, 1.165) is 37.4 Å². The van der Waals surface area contributed by atoms with Crippen LogP contribution in [0.3, 0.4) is 0 Å². The van der Waals surface area contributed by atoms with Gasteiger partial charge in [0.25, 0.3) is 0 Å². The van der Waals surface area contributed by atoms with Crippen molar-refractivity contribution in [1.82, 2.24) is 15.1 Å². The van der Waals surface area contributed by atoms with Crippen molar-refractivity contribution in [3.63, 3.8) is 0 Å². The summed E-state index contributed by atoms with van der Waals surface area (Å²) in [4.78, 5) is 21.2. The number of nitrogens with one attached hydrogen (secondary N) is 1. The van der Waals surface area contributed by atoms with Crippen LogP contribution in [0.25, 0.3) is 0 Å². The quantitative estimate of drug-likeness (QED) is 0.341. The van der Waals surface area contributed by atoms with Crippen molar-refractivity contribution in [3.05, 3.63) is 0 Å². The van der Waals surface area contributed by atoms with Crippen LogP contribution in [-0.2, 0) is 14.6 Å². The number of aliphatic imine (C=N–C) groups is 1. The van der Waals surface area contributed by atoms with Gasteiger partial charge in [0.2, 0.25) is 5.91 Å². The Bertz CT molecular complexity index is 714. The summed E-state index contributed by atoms with van der Waals surface area (Å²) in [6.45, 7) is 5.17. The average Bonchev–Trinajstić information content (AvgIpc) is 3.34. The Balaban J connectivity index is 0.00000225. The molecule has 4 rings (SSSR count). The van der Waals surface area contributed by atoms with Gasteiger partial charge in [0, 0.05) is 32.2 Å². The fourth-order valence-corrected chi connectivity index (χ4v) is 7.13. The van der Waals surface area contributed by atoms with Crippen molar-refractivity contribution in [1.29, 1.82) is 0 Å². The van der Waals surface area contributed by atoms with E-state index in [-0.39, 0.29) is 47.3 Å². The van der Waals surface area contributed by atoms with Crippen LogP contribution in [0.2, 0.25) is 0 Å². The van der Waals surface area contributed by atoms with Gasteiger partial charge in [0.05, 0.1) is 18.1 Å². The van der Waals surface area contributed by atoms with Crippen molar-refractivity contribution in [2.24, 2.45) is 22.7 Å². The van der Waals surface area contributed by atoms with Crippen LogP contribution in [0.5, 0.6) is 0 Å². The monoisotopic (exact) mass is 524 g/mol. The molecule has 0 aromatic rings. The number of piperazine rings is 1. The minimum absolute atomic E-state index is 0. The molecule has 2 aliphatic heterocycles. The first-order valence-corrected chi connectivity index (χ1v) is 12.3. The Morgan fingerprint density at radius 2 is 2.04 bits per heavy atom. The highest BCUT2D eigenvalue weighted by molar-refractivity contribution is 14.0. The van der Waals surface area contributed by atoms with E-state index in [1.807, 2.05) is 11.8 Å². The number of carbonyl (C=O) groups excluding carboxylic acids is 1. The lowest BCUT2D eigenvalue weighted by molar-refractivity contribution is -0.134. The van der Waals surface area contributed by atoms with E-state index in [9.17, 15) is 13.2 Å². The highest BCUT2D eigenvalue weighted by Gasteiger charge is 2.40. The molecule has 1 amide bonds. The maximum Gasteiger partial charge on any atom is 0.242 e. The maximum absolute atomic E-state index is 12.4. The largest absolute Gasteiger partial charge is 0.353 e. The van der Waals surface area contributed by atoms with Crippen molar-refractivity contribution in [3.8, 4) is 0 Å². The summed E-state index contributed by atoms with van der Waals surface area (Å²) in [6, 6.07) is 0.453. The Labute approximate surface area is 185 Å². The zero-order chi connectivity index (χ0) is 19.0. The lowest BCUT2D eigenvalue weighted by Gasteiger charge is -2.37. The number of fused-ring (bicyclic) bond motifs is 2. The number of carbonyl (C=O) groups is 1. The van der Waals surface area contributed by atoms with Gasteiger partial charge in [-0.15, -0.1) is 24.0 Å². The molecule has 4 fully saturated rings. The molecule has 9 heteroatoms. The normalized spacial score (nSPS) is 34.6. The van der Waals surface area contributed by atoms with Crippen LogP contribution >= 0.6 is 24.0 Å². The van der Waals surface area contributed by atoms with Gasteiger partial charge in [-0.1, -0.05) is 6.42 Å². The number of halogens is 1. The number of guanidine groups is 1. The fourth-order valence-electron chi connectivity index (χ4n) is 5.28. The van der Waals surface area contributed by atoms with Gasteiger partial charge in [-0.3, -0.25) is 9.79 Å². The minimum Gasteiger partial charge on any atom is -0.353 e. The molecule has 2 aliphatic carbocycles. The van der Waals surface area contributed by atoms with E-state index in [2.05, 4.69) is 10.2 Å². The Kier molecular flexibility index (Phi) is 7.15. The molecule has 2 saturated carbocycles. The molecule has 4 aliphatic rings. The molecule has 2 heterocycles. The number of hydrogen-bond acceptors (Lipinski definition) is 4. The fraction of sp³-hybridized carbons (Fsp3) is 0.895. The maximum atomic E-state index is 12.4. The summed E-state index contributed by atoms with van der Waals surface area (Å²) in [5.74, 6) is 3.18. The lowest BCUT2D eigenvalue weighted by Crippen LogP contribution is -2.57. The van der Waals surface area contributed by atoms with Crippen LogP contribution in [-0.4, -0.2) is 80.4 Å². The summed E-state index contributed by atoms with van der Waals surface area (Å²) in [5.41, 5.74) is 0. The van der Waals surface area contributed by atoms with Crippen LogP contribution in [0.15, 0.2) is 4.99 Å². The van der Waals surface area contributed by atoms with E-state index in [1.54, 1.807) is 0 Å². The second-order valence-corrected chi connectivity index (χ2v) is 11.0. The number of sulfone groups is 1. The zero-order valence-corrected chi connectivity index (χ0v) is 19.8. The number of likely N-dealkylation sites (N-methyl/N-ethyl adjacent to an activating group) is 1. The van der Waals surface area contributed by atoms with Gasteiger partial charge in [-0.05, 0) is 50.4 Å². The summed E-state index contributed by atoms with van der Waals surface area (Å²) < 4.78 is 23.5. The van der Waals surface area contributed by atoms with E-state index in [1.165, 1.54) is 25.7 Å². The van der Waals surface area contributed by atoms with Crippen LogP contribution in [0.4, 0.5) is 0 Å². The first kappa shape index (κ1) is 22.1. The van der Waals surface area contributed by atoms with Crippen molar-refractivity contribution in [2.45, 2.75) is 45.1 Å². The molecule has 0 spiro atoms. The molecule has 7 nitrogen and oxygen atoms in total. The zero-order valence-electron chi connectivity index (χ0n) is 16.7. The van der Waals surface area contributed by atoms with Gasteiger partial charge in [0.1, 0.15) is 0 Å². The third kappa shape index (κ3) is 4.94. The lowest BCUT2D eigenvalue weighted by atomic mass is 9.95. The van der Waals surface area contributed by atoms with E-state index < -0.39 is 9.84 Å². The molecule has 2 saturated heterocycles. The summed E-state index contributed by atoms with van der Waals surface area (Å²) in [5, 5.41) is 3.67. The van der Waals surface area contributed by atoms with Gasteiger partial charge < -0.3 is 15.1 Å². The molecule has 160 valence electrons. The van der Waals surface area contributed by atoms with E-state index in [0.29, 0.717) is 25.6 Å². The molecule has 4 unspecified atom stereocenters. The van der Waals surface area contributed by atoms with Gasteiger partial charge >= 0.3 is 0 Å². The average molecular weight is 524 g/mol. The highest BCUT2D eigenvalue weighted by Crippen LogP contribution is 2.44. The molecular formula is C19H33IN4O3S. The number of nitrogens with zero attached hydrogens (tertiary/aromatic N) is 3. The van der Waals surface area contributed by atoms with Gasteiger partial charge in [0.15, 0.2) is 15.8 Å². The summed E-state index contributed by atoms with van der Waals surface area (Å²) >= 11 is 0. The SMILES string of the molecule is CCN1CCN(C(=NCC2CCS(=O)(=O)C2)NC2CC3CCC2C3)CC1=O.I. The Morgan fingerprint density at radius 3 is 2.61 bits per heavy atom. The van der Waals surface area contributed by atoms with E-state index in [4.69, 9.17) is 4.99 Å². The van der Waals surface area contributed by atoms with Crippen molar-refractivity contribution in [2.75, 3.05) is 44.2 Å². The first-order chi connectivity index (χ1) is 12.9. The van der Waals surface area contributed by atoms with E-state index >= 15 is 0 Å². The molecule has 1 N–H and O–H groups in total. The van der Waals surface area contributed by atoms with Gasteiger partial charge in [-0.25, -0.2) is 8.42 Å². The number of amides is 1. The predicted molar refractivity (Wildman–Crippen MR) is 121 cm³/mol. The third-order valence-corrected chi connectivity index (χ3v) is 8.72. The molecular weight excluding hydrogens is 491 g/mol. The molecule has 0 aromatic carbocycles. The standard InChI is InChI=1S/C19H32N4O3S.HI/c1-2-22-6-7-23(12-18(22)24)19(20-11-15-5-8-27(25,26)13-15)21-17-10-14-3-4-16(17)9-14;/h14-17H,2-13H2,1H3,(H,20,21);1H. The number of rotatable bonds is 4.